The monoisotopic (exact) mass is 194 g/mol. The van der Waals surface area contributed by atoms with E-state index in [1.165, 1.54) is 0 Å². The number of hydrogen-bond donors (Lipinski definition) is 2. The molecule has 3 N–H and O–H groups in total. The molecule has 1 aromatic rings. The Kier molecular flexibility index (Phi) is 2.81. The normalized spacial score (nSPS) is 11.1. The summed E-state index contributed by atoms with van der Waals surface area (Å²) in [5.74, 6) is 4.53. The quantitative estimate of drug-likeness (QED) is 0.384. The first-order chi connectivity index (χ1) is 6.45. The van der Waals surface area contributed by atoms with Gasteiger partial charge in [-0.25, -0.2) is 5.84 Å². The molecule has 0 aliphatic heterocycles. The second-order valence-corrected chi connectivity index (χ2v) is 4.03. The van der Waals surface area contributed by atoms with Gasteiger partial charge in [0.25, 0.3) is 5.91 Å². The zero-order chi connectivity index (χ0) is 10.8. The Labute approximate surface area is 82.7 Å². The van der Waals surface area contributed by atoms with Crippen molar-refractivity contribution in [2.75, 3.05) is 0 Å². The summed E-state index contributed by atoms with van der Waals surface area (Å²) in [6.07, 6.45) is 0. The first kappa shape index (κ1) is 10.6. The van der Waals surface area contributed by atoms with Gasteiger partial charge < -0.3 is 0 Å². The Balaban J connectivity index is 2.95. The Hall–Kier alpha value is -1.49. The fourth-order valence-electron chi connectivity index (χ4n) is 0.927. The molecular formula is C9H14N4O. The van der Waals surface area contributed by atoms with Gasteiger partial charge in [-0.2, -0.15) is 5.10 Å². The van der Waals surface area contributed by atoms with Crippen LogP contribution in [-0.4, -0.2) is 16.1 Å². The standard InChI is InChI=1S/C9H14N4O/c1-9(2,3)7-5-4-6(12-13-7)8(14)11-10/h4-5H,10H2,1-3H3,(H,11,14). The maximum atomic E-state index is 11.0. The van der Waals surface area contributed by atoms with Crippen LogP contribution in [0, 0.1) is 0 Å². The van der Waals surface area contributed by atoms with Gasteiger partial charge in [0.2, 0.25) is 0 Å². The van der Waals surface area contributed by atoms with E-state index < -0.39 is 5.91 Å². The third-order valence-corrected chi connectivity index (χ3v) is 1.80. The van der Waals surface area contributed by atoms with E-state index in [-0.39, 0.29) is 11.1 Å². The van der Waals surface area contributed by atoms with Gasteiger partial charge >= 0.3 is 0 Å². The number of nitrogens with two attached hydrogens (primary N) is 1. The molecule has 1 rings (SSSR count). The fourth-order valence-corrected chi connectivity index (χ4v) is 0.927. The van der Waals surface area contributed by atoms with Gasteiger partial charge in [-0.15, -0.1) is 5.10 Å². The molecule has 0 radical (unpaired) electrons. The van der Waals surface area contributed by atoms with Crippen LogP contribution >= 0.6 is 0 Å². The van der Waals surface area contributed by atoms with Crippen molar-refractivity contribution in [2.24, 2.45) is 5.84 Å². The molecule has 0 fully saturated rings. The average molecular weight is 194 g/mol. The van der Waals surface area contributed by atoms with Crippen LogP contribution in [0.5, 0.6) is 0 Å². The number of nitrogens with one attached hydrogen (secondary N) is 1. The lowest BCUT2D eigenvalue weighted by molar-refractivity contribution is 0.0947. The molecule has 0 bridgehead atoms. The minimum Gasteiger partial charge on any atom is -0.289 e. The highest BCUT2D eigenvalue weighted by atomic mass is 16.2. The lowest BCUT2D eigenvalue weighted by atomic mass is 9.92. The fraction of sp³-hybridized carbons (Fsp3) is 0.444. The lowest BCUT2D eigenvalue weighted by Gasteiger charge is -2.16. The largest absolute Gasteiger partial charge is 0.289 e. The van der Waals surface area contributed by atoms with E-state index in [0.29, 0.717) is 0 Å². The van der Waals surface area contributed by atoms with Crippen molar-refractivity contribution in [3.63, 3.8) is 0 Å². The maximum Gasteiger partial charge on any atom is 0.285 e. The average Bonchev–Trinajstić information content (AvgIpc) is 2.15. The zero-order valence-corrected chi connectivity index (χ0v) is 8.53. The number of carbonyl (C=O) groups excluding carboxylic acids is 1. The highest BCUT2D eigenvalue weighted by molar-refractivity contribution is 5.91. The highest BCUT2D eigenvalue weighted by Crippen LogP contribution is 2.18. The number of hydrogen-bond acceptors (Lipinski definition) is 4. The van der Waals surface area contributed by atoms with E-state index in [2.05, 4.69) is 10.2 Å². The van der Waals surface area contributed by atoms with Gasteiger partial charge in [0.15, 0.2) is 5.69 Å². The summed E-state index contributed by atoms with van der Waals surface area (Å²) in [6.45, 7) is 6.08. The predicted octanol–water partition coefficient (Wildman–Crippen LogP) is 0.378. The molecule has 1 amide bonds. The summed E-state index contributed by atoms with van der Waals surface area (Å²) < 4.78 is 0. The van der Waals surface area contributed by atoms with Crippen LogP contribution in [0.4, 0.5) is 0 Å². The maximum absolute atomic E-state index is 11.0. The van der Waals surface area contributed by atoms with E-state index in [9.17, 15) is 4.79 Å². The van der Waals surface area contributed by atoms with Crippen LogP contribution in [0.15, 0.2) is 12.1 Å². The van der Waals surface area contributed by atoms with Crippen LogP contribution in [0.2, 0.25) is 0 Å². The molecule has 0 saturated carbocycles. The number of hydrazine groups is 1. The van der Waals surface area contributed by atoms with E-state index >= 15 is 0 Å². The Morgan fingerprint density at radius 2 is 2.00 bits per heavy atom. The molecule has 0 aliphatic carbocycles. The molecule has 0 aromatic carbocycles. The lowest BCUT2D eigenvalue weighted by Crippen LogP contribution is -2.31. The van der Waals surface area contributed by atoms with Gasteiger partial charge in [0.1, 0.15) is 0 Å². The van der Waals surface area contributed by atoms with Gasteiger partial charge in [-0.3, -0.25) is 10.2 Å². The van der Waals surface area contributed by atoms with Crippen LogP contribution in [-0.2, 0) is 5.41 Å². The molecule has 5 heteroatoms. The molecule has 0 unspecified atom stereocenters. The summed E-state index contributed by atoms with van der Waals surface area (Å²) in [5, 5.41) is 7.73. The number of rotatable bonds is 1. The van der Waals surface area contributed by atoms with Gasteiger partial charge in [-0.05, 0) is 12.1 Å². The van der Waals surface area contributed by atoms with E-state index in [0.717, 1.165) is 5.69 Å². The molecule has 14 heavy (non-hydrogen) atoms. The second-order valence-electron chi connectivity index (χ2n) is 4.03. The highest BCUT2D eigenvalue weighted by Gasteiger charge is 2.16. The summed E-state index contributed by atoms with van der Waals surface area (Å²) in [4.78, 5) is 11.0. The van der Waals surface area contributed by atoms with E-state index in [4.69, 9.17) is 5.84 Å². The third-order valence-electron chi connectivity index (χ3n) is 1.80. The van der Waals surface area contributed by atoms with Crippen molar-refractivity contribution >= 4 is 5.91 Å². The molecule has 5 nitrogen and oxygen atoms in total. The third kappa shape index (κ3) is 2.26. The van der Waals surface area contributed by atoms with E-state index in [1.54, 1.807) is 12.1 Å². The molecule has 0 aliphatic rings. The van der Waals surface area contributed by atoms with Gasteiger partial charge in [0.05, 0.1) is 5.69 Å². The molecular weight excluding hydrogens is 180 g/mol. The van der Waals surface area contributed by atoms with E-state index in [1.807, 2.05) is 26.2 Å². The second kappa shape index (κ2) is 3.71. The Morgan fingerprint density at radius 1 is 1.36 bits per heavy atom. The predicted molar refractivity (Wildman–Crippen MR) is 52.4 cm³/mol. The molecule has 0 spiro atoms. The SMILES string of the molecule is CC(C)(C)c1ccc(C(=O)NN)nn1. The number of nitrogen functional groups attached to an aromatic ring is 1. The first-order valence-electron chi connectivity index (χ1n) is 4.30. The zero-order valence-electron chi connectivity index (χ0n) is 8.53. The van der Waals surface area contributed by atoms with Crippen molar-refractivity contribution in [3.05, 3.63) is 23.5 Å². The van der Waals surface area contributed by atoms with Gasteiger partial charge in [0, 0.05) is 5.41 Å². The summed E-state index contributed by atoms with van der Waals surface area (Å²) in [6, 6.07) is 3.38. The van der Waals surface area contributed by atoms with Crippen molar-refractivity contribution < 1.29 is 4.79 Å². The van der Waals surface area contributed by atoms with Crippen molar-refractivity contribution in [1.29, 1.82) is 0 Å². The van der Waals surface area contributed by atoms with Crippen LogP contribution in [0.25, 0.3) is 0 Å². The summed E-state index contributed by atoms with van der Waals surface area (Å²) >= 11 is 0. The van der Waals surface area contributed by atoms with Crippen molar-refractivity contribution in [2.45, 2.75) is 26.2 Å². The van der Waals surface area contributed by atoms with Gasteiger partial charge in [-0.1, -0.05) is 20.8 Å². The molecule has 0 saturated heterocycles. The molecule has 1 heterocycles. The molecule has 1 aromatic heterocycles. The topological polar surface area (TPSA) is 80.9 Å². The number of aromatic nitrogens is 2. The van der Waals surface area contributed by atoms with Crippen LogP contribution in [0.3, 0.4) is 0 Å². The summed E-state index contributed by atoms with van der Waals surface area (Å²) in [7, 11) is 0. The first-order valence-corrected chi connectivity index (χ1v) is 4.30. The smallest absolute Gasteiger partial charge is 0.285 e. The van der Waals surface area contributed by atoms with Crippen molar-refractivity contribution in [1.82, 2.24) is 15.6 Å². The minimum absolute atomic E-state index is 0.0648. The number of amides is 1. The van der Waals surface area contributed by atoms with Crippen molar-refractivity contribution in [3.8, 4) is 0 Å². The molecule has 0 atom stereocenters. The van der Waals surface area contributed by atoms with Crippen LogP contribution in [0.1, 0.15) is 37.0 Å². The number of nitrogens with zero attached hydrogens (tertiary/aromatic N) is 2. The Morgan fingerprint density at radius 3 is 2.36 bits per heavy atom. The summed E-state index contributed by atoms with van der Waals surface area (Å²) in [5.41, 5.74) is 2.99. The molecule has 76 valence electrons. The number of carbonyl (C=O) groups is 1. The Bertz CT molecular complexity index is 326. The minimum atomic E-state index is -0.432. The van der Waals surface area contributed by atoms with Crippen LogP contribution < -0.4 is 11.3 Å².